The van der Waals surface area contributed by atoms with Crippen molar-refractivity contribution in [3.05, 3.63) is 42.2 Å². The third-order valence-corrected chi connectivity index (χ3v) is 5.22. The average Bonchev–Trinajstić information content (AvgIpc) is 3.19. The van der Waals surface area contributed by atoms with E-state index in [1.165, 1.54) is 38.1 Å². The number of ether oxygens (including phenoxy) is 1. The van der Waals surface area contributed by atoms with Crippen molar-refractivity contribution in [2.24, 2.45) is 0 Å². The van der Waals surface area contributed by atoms with Crippen molar-refractivity contribution < 1.29 is 13.5 Å². The van der Waals surface area contributed by atoms with Crippen LogP contribution < -0.4 is 9.64 Å². The highest BCUT2D eigenvalue weighted by molar-refractivity contribution is 5.42. The summed E-state index contributed by atoms with van der Waals surface area (Å²) in [5.41, 5.74) is 0. The van der Waals surface area contributed by atoms with Crippen LogP contribution in [0.4, 0.5) is 14.6 Å². The van der Waals surface area contributed by atoms with Crippen molar-refractivity contribution >= 4 is 5.82 Å². The van der Waals surface area contributed by atoms with Gasteiger partial charge in [-0.05, 0) is 25.0 Å². The van der Waals surface area contributed by atoms with E-state index >= 15 is 0 Å². The highest BCUT2D eigenvalue weighted by Gasteiger charge is 2.26. The van der Waals surface area contributed by atoms with E-state index in [1.54, 1.807) is 6.07 Å². The lowest BCUT2D eigenvalue weighted by molar-refractivity contribution is 0.187. The number of aromatic nitrogens is 2. The predicted molar refractivity (Wildman–Crippen MR) is 94.5 cm³/mol. The largest absolute Gasteiger partial charge is 0.436 e. The van der Waals surface area contributed by atoms with Gasteiger partial charge in [-0.15, -0.1) is 0 Å². The zero-order chi connectivity index (χ0) is 17.9. The van der Waals surface area contributed by atoms with Crippen molar-refractivity contribution in [3.8, 4) is 11.6 Å². The second kappa shape index (κ2) is 7.53. The quantitative estimate of drug-likeness (QED) is 0.833. The van der Waals surface area contributed by atoms with Crippen molar-refractivity contribution in [2.75, 3.05) is 31.1 Å². The Hall–Kier alpha value is -2.28. The van der Waals surface area contributed by atoms with Crippen LogP contribution in [0.5, 0.6) is 11.6 Å². The predicted octanol–water partition coefficient (Wildman–Crippen LogP) is 3.61. The molecule has 1 saturated carbocycles. The lowest BCUT2D eigenvalue weighted by Crippen LogP contribution is -2.50. The Morgan fingerprint density at radius 1 is 0.962 bits per heavy atom. The van der Waals surface area contributed by atoms with E-state index in [1.807, 2.05) is 0 Å². The van der Waals surface area contributed by atoms with E-state index < -0.39 is 11.6 Å². The van der Waals surface area contributed by atoms with Crippen LogP contribution in [0.15, 0.2) is 30.6 Å². The van der Waals surface area contributed by atoms with Gasteiger partial charge in [0, 0.05) is 44.4 Å². The van der Waals surface area contributed by atoms with Crippen LogP contribution in [0.3, 0.4) is 0 Å². The minimum absolute atomic E-state index is 0.0536. The number of hydrogen-bond donors (Lipinski definition) is 0. The van der Waals surface area contributed by atoms with Gasteiger partial charge >= 0.3 is 0 Å². The van der Waals surface area contributed by atoms with Crippen molar-refractivity contribution in [1.29, 1.82) is 0 Å². The molecular weight excluding hydrogens is 338 g/mol. The molecule has 2 fully saturated rings. The summed E-state index contributed by atoms with van der Waals surface area (Å²) in [5.74, 6) is -0.432. The fourth-order valence-electron chi connectivity index (χ4n) is 3.81. The molecule has 1 aromatic carbocycles. The first kappa shape index (κ1) is 17.1. The molecule has 2 heterocycles. The van der Waals surface area contributed by atoms with Gasteiger partial charge in [-0.3, -0.25) is 4.90 Å². The first-order valence-electron chi connectivity index (χ1n) is 9.13. The standard InChI is InChI=1S/C19H22F2N4O/c20-14-5-6-17(16(21)11-14)26-19-12-18(22-13-23-19)25-9-7-24(8-10-25)15-3-1-2-4-15/h5-6,11-13,15H,1-4,7-10H2. The molecular formula is C19H22F2N4O. The van der Waals surface area contributed by atoms with Crippen LogP contribution >= 0.6 is 0 Å². The maximum Gasteiger partial charge on any atom is 0.224 e. The molecule has 138 valence electrons. The van der Waals surface area contributed by atoms with Crippen LogP contribution in [0, 0.1) is 11.6 Å². The number of hydrogen-bond acceptors (Lipinski definition) is 5. The molecule has 1 aliphatic heterocycles. The SMILES string of the molecule is Fc1ccc(Oc2cc(N3CCN(C4CCCC4)CC3)ncn2)c(F)c1. The molecule has 1 saturated heterocycles. The zero-order valence-corrected chi connectivity index (χ0v) is 14.6. The summed E-state index contributed by atoms with van der Waals surface area (Å²) in [5, 5.41) is 0. The van der Waals surface area contributed by atoms with Crippen molar-refractivity contribution in [1.82, 2.24) is 14.9 Å². The van der Waals surface area contributed by atoms with Gasteiger partial charge in [0.2, 0.25) is 5.88 Å². The Bertz CT molecular complexity index is 759. The summed E-state index contributed by atoms with van der Waals surface area (Å²) >= 11 is 0. The van der Waals surface area contributed by atoms with Gasteiger partial charge in [-0.1, -0.05) is 12.8 Å². The Morgan fingerprint density at radius 2 is 1.73 bits per heavy atom. The number of piperazine rings is 1. The van der Waals surface area contributed by atoms with Gasteiger partial charge in [-0.2, -0.15) is 0 Å². The lowest BCUT2D eigenvalue weighted by atomic mass is 10.2. The van der Waals surface area contributed by atoms with Crippen LogP contribution in [0.2, 0.25) is 0 Å². The maximum absolute atomic E-state index is 13.8. The lowest BCUT2D eigenvalue weighted by Gasteiger charge is -2.38. The molecule has 0 bridgehead atoms. The smallest absolute Gasteiger partial charge is 0.224 e. The molecule has 0 unspecified atom stereocenters. The van der Waals surface area contributed by atoms with Gasteiger partial charge in [-0.25, -0.2) is 18.7 Å². The number of rotatable bonds is 4. The number of anilines is 1. The third kappa shape index (κ3) is 3.77. The normalized spacial score (nSPS) is 19.1. The molecule has 26 heavy (non-hydrogen) atoms. The number of benzene rings is 1. The number of nitrogens with zero attached hydrogens (tertiary/aromatic N) is 4. The summed E-state index contributed by atoms with van der Waals surface area (Å²) < 4.78 is 32.2. The Balaban J connectivity index is 1.41. The van der Waals surface area contributed by atoms with Crippen LogP contribution in [0.25, 0.3) is 0 Å². The van der Waals surface area contributed by atoms with Gasteiger partial charge in [0.15, 0.2) is 11.6 Å². The first-order chi connectivity index (χ1) is 12.7. The van der Waals surface area contributed by atoms with Gasteiger partial charge in [0.1, 0.15) is 18.0 Å². The summed E-state index contributed by atoms with van der Waals surface area (Å²) in [6.07, 6.45) is 6.73. The highest BCUT2D eigenvalue weighted by Crippen LogP contribution is 2.27. The van der Waals surface area contributed by atoms with E-state index in [4.69, 9.17) is 4.74 Å². The van der Waals surface area contributed by atoms with Gasteiger partial charge < -0.3 is 9.64 Å². The summed E-state index contributed by atoms with van der Waals surface area (Å²) in [7, 11) is 0. The summed E-state index contributed by atoms with van der Waals surface area (Å²) in [6.45, 7) is 3.85. The molecule has 0 N–H and O–H groups in total. The number of halogens is 2. The second-order valence-corrected chi connectivity index (χ2v) is 6.85. The van der Waals surface area contributed by atoms with Crippen molar-refractivity contribution in [2.45, 2.75) is 31.7 Å². The fourth-order valence-corrected chi connectivity index (χ4v) is 3.81. The molecule has 5 nitrogen and oxygen atoms in total. The Morgan fingerprint density at radius 3 is 2.46 bits per heavy atom. The maximum atomic E-state index is 13.8. The Labute approximate surface area is 151 Å². The minimum atomic E-state index is -0.754. The van der Waals surface area contributed by atoms with E-state index in [9.17, 15) is 8.78 Å². The van der Waals surface area contributed by atoms with Crippen LogP contribution in [-0.2, 0) is 0 Å². The molecule has 2 aromatic rings. The van der Waals surface area contributed by atoms with E-state index in [2.05, 4.69) is 19.8 Å². The van der Waals surface area contributed by atoms with Gasteiger partial charge in [0.25, 0.3) is 0 Å². The summed E-state index contributed by atoms with van der Waals surface area (Å²) in [4.78, 5) is 13.1. The topological polar surface area (TPSA) is 41.5 Å². The minimum Gasteiger partial charge on any atom is -0.436 e. The fraction of sp³-hybridized carbons (Fsp3) is 0.474. The third-order valence-electron chi connectivity index (χ3n) is 5.22. The summed E-state index contributed by atoms with van der Waals surface area (Å²) in [6, 6.07) is 5.64. The van der Waals surface area contributed by atoms with E-state index in [0.717, 1.165) is 50.2 Å². The molecule has 0 atom stereocenters. The average molecular weight is 360 g/mol. The second-order valence-electron chi connectivity index (χ2n) is 6.85. The molecule has 1 aliphatic carbocycles. The van der Waals surface area contributed by atoms with E-state index in [0.29, 0.717) is 0 Å². The van der Waals surface area contributed by atoms with Crippen LogP contribution in [-0.4, -0.2) is 47.1 Å². The van der Waals surface area contributed by atoms with Crippen LogP contribution in [0.1, 0.15) is 25.7 Å². The first-order valence-corrected chi connectivity index (χ1v) is 9.13. The molecule has 7 heteroatoms. The molecule has 4 rings (SSSR count). The van der Waals surface area contributed by atoms with Crippen molar-refractivity contribution in [3.63, 3.8) is 0 Å². The Kier molecular flexibility index (Phi) is 4.97. The zero-order valence-electron chi connectivity index (χ0n) is 14.6. The molecule has 0 spiro atoms. The highest BCUT2D eigenvalue weighted by atomic mass is 19.1. The molecule has 0 radical (unpaired) electrons. The molecule has 1 aromatic heterocycles. The van der Waals surface area contributed by atoms with Gasteiger partial charge in [0.05, 0.1) is 0 Å². The monoisotopic (exact) mass is 360 g/mol. The molecule has 2 aliphatic rings. The molecule has 0 amide bonds. The van der Waals surface area contributed by atoms with E-state index in [-0.39, 0.29) is 11.6 Å².